The van der Waals surface area contributed by atoms with Crippen LogP contribution in [0.3, 0.4) is 0 Å². The average molecular weight is 468 g/mol. The van der Waals surface area contributed by atoms with Gasteiger partial charge in [0.05, 0.1) is 31.6 Å². The molecule has 34 heavy (non-hydrogen) atoms. The van der Waals surface area contributed by atoms with Gasteiger partial charge in [0.2, 0.25) is 5.91 Å². The van der Waals surface area contributed by atoms with Gasteiger partial charge in [-0.1, -0.05) is 30.3 Å². The smallest absolute Gasteiger partial charge is 0.321 e. The number of rotatable bonds is 8. The van der Waals surface area contributed by atoms with Crippen molar-refractivity contribution in [2.24, 2.45) is 5.92 Å². The number of esters is 1. The molecule has 3 amide bonds. The van der Waals surface area contributed by atoms with Gasteiger partial charge in [0.15, 0.2) is 0 Å². The zero-order valence-electron chi connectivity index (χ0n) is 20.0. The van der Waals surface area contributed by atoms with Crippen LogP contribution in [0.2, 0.25) is 0 Å². The number of ether oxygens (including phenoxy) is 2. The van der Waals surface area contributed by atoms with Gasteiger partial charge in [-0.2, -0.15) is 0 Å². The molecule has 2 aromatic carbocycles. The van der Waals surface area contributed by atoms with Gasteiger partial charge >= 0.3 is 12.0 Å². The van der Waals surface area contributed by atoms with Crippen molar-refractivity contribution in [1.29, 1.82) is 0 Å². The number of carbonyl (C=O) groups excluding carboxylic acids is 3. The molecule has 0 aliphatic carbocycles. The number of piperidine rings is 1. The van der Waals surface area contributed by atoms with E-state index in [0.29, 0.717) is 30.9 Å². The van der Waals surface area contributed by atoms with Crippen molar-refractivity contribution in [3.05, 3.63) is 60.2 Å². The highest BCUT2D eigenvalue weighted by molar-refractivity contribution is 5.90. The minimum atomic E-state index is -0.543. The quantitative estimate of drug-likeness (QED) is 0.569. The Morgan fingerprint density at radius 2 is 1.76 bits per heavy atom. The SMILES string of the molecule is COc1ccc([C@@H](CC(=O)OC(C)C)NC(=O)[C@@H]2CCCN(C(=O)Nc3ccccc3)C2)cc1. The summed E-state index contributed by atoms with van der Waals surface area (Å²) in [4.78, 5) is 39.9. The van der Waals surface area contributed by atoms with E-state index in [2.05, 4.69) is 10.6 Å². The minimum absolute atomic E-state index is 0.0151. The Morgan fingerprint density at radius 3 is 2.41 bits per heavy atom. The lowest BCUT2D eigenvalue weighted by Crippen LogP contribution is -2.47. The second kappa shape index (κ2) is 12.1. The molecule has 0 spiro atoms. The molecule has 0 saturated carbocycles. The summed E-state index contributed by atoms with van der Waals surface area (Å²) in [7, 11) is 1.58. The van der Waals surface area contributed by atoms with Crippen molar-refractivity contribution in [3.8, 4) is 5.75 Å². The van der Waals surface area contributed by atoms with Crippen LogP contribution >= 0.6 is 0 Å². The average Bonchev–Trinajstić information content (AvgIpc) is 2.84. The highest BCUT2D eigenvalue weighted by atomic mass is 16.5. The summed E-state index contributed by atoms with van der Waals surface area (Å²) in [5.74, 6) is -0.248. The molecule has 1 aliphatic rings. The van der Waals surface area contributed by atoms with Crippen molar-refractivity contribution < 1.29 is 23.9 Å². The third kappa shape index (κ3) is 7.23. The number of methoxy groups -OCH3 is 1. The van der Waals surface area contributed by atoms with Crippen molar-refractivity contribution in [1.82, 2.24) is 10.2 Å². The fourth-order valence-electron chi connectivity index (χ4n) is 3.96. The molecular weight excluding hydrogens is 434 g/mol. The number of likely N-dealkylation sites (tertiary alicyclic amines) is 1. The van der Waals surface area contributed by atoms with Gasteiger partial charge in [0.25, 0.3) is 0 Å². The van der Waals surface area contributed by atoms with Crippen LogP contribution in [-0.2, 0) is 14.3 Å². The molecule has 2 N–H and O–H groups in total. The van der Waals surface area contributed by atoms with E-state index in [9.17, 15) is 14.4 Å². The largest absolute Gasteiger partial charge is 0.497 e. The third-order valence-electron chi connectivity index (χ3n) is 5.68. The summed E-state index contributed by atoms with van der Waals surface area (Å²) in [6.45, 7) is 4.48. The molecule has 1 fully saturated rings. The number of nitrogens with zero attached hydrogens (tertiary/aromatic N) is 1. The highest BCUT2D eigenvalue weighted by Crippen LogP contribution is 2.24. The first-order chi connectivity index (χ1) is 16.4. The lowest BCUT2D eigenvalue weighted by Gasteiger charge is -2.33. The molecular formula is C26H33N3O5. The lowest BCUT2D eigenvalue weighted by atomic mass is 9.95. The van der Waals surface area contributed by atoms with Crippen molar-refractivity contribution in [2.45, 2.75) is 45.3 Å². The lowest BCUT2D eigenvalue weighted by molar-refractivity contribution is -0.148. The van der Waals surface area contributed by atoms with E-state index < -0.39 is 6.04 Å². The van der Waals surface area contributed by atoms with E-state index in [1.807, 2.05) is 42.5 Å². The van der Waals surface area contributed by atoms with Gasteiger partial charge < -0.3 is 25.0 Å². The summed E-state index contributed by atoms with van der Waals surface area (Å²) >= 11 is 0. The first kappa shape index (κ1) is 25.1. The zero-order valence-corrected chi connectivity index (χ0v) is 20.0. The maximum absolute atomic E-state index is 13.2. The normalized spacial score (nSPS) is 16.5. The molecule has 0 unspecified atom stereocenters. The molecule has 2 aromatic rings. The number of hydrogen-bond acceptors (Lipinski definition) is 5. The molecule has 0 bridgehead atoms. The van der Waals surface area contributed by atoms with Crippen molar-refractivity contribution in [3.63, 3.8) is 0 Å². The molecule has 0 aromatic heterocycles. The standard InChI is InChI=1S/C26H33N3O5/c1-18(2)34-24(30)16-23(19-11-13-22(33-3)14-12-19)28-25(31)20-8-7-15-29(17-20)26(32)27-21-9-5-4-6-10-21/h4-6,9-14,18,20,23H,7-8,15-17H2,1-3H3,(H,27,32)(H,28,31)/t20-,23-/m1/s1. The fraction of sp³-hybridized carbons (Fsp3) is 0.423. The van der Waals surface area contributed by atoms with Crippen LogP contribution in [0.1, 0.15) is 44.7 Å². The molecule has 182 valence electrons. The molecule has 1 aliphatic heterocycles. The fourth-order valence-corrected chi connectivity index (χ4v) is 3.96. The summed E-state index contributed by atoms with van der Waals surface area (Å²) in [5.41, 5.74) is 1.49. The van der Waals surface area contributed by atoms with Gasteiger partial charge in [0.1, 0.15) is 5.75 Å². The number of anilines is 1. The topological polar surface area (TPSA) is 97.0 Å². The second-order valence-electron chi connectivity index (χ2n) is 8.66. The molecule has 2 atom stereocenters. The molecule has 3 rings (SSSR count). The third-order valence-corrected chi connectivity index (χ3v) is 5.68. The van der Waals surface area contributed by atoms with Crippen molar-refractivity contribution >= 4 is 23.6 Å². The number of para-hydroxylation sites is 1. The van der Waals surface area contributed by atoms with Gasteiger partial charge in [-0.25, -0.2) is 4.79 Å². The molecule has 8 heteroatoms. The molecule has 1 heterocycles. The van der Waals surface area contributed by atoms with Crippen LogP contribution in [0, 0.1) is 5.92 Å². The highest BCUT2D eigenvalue weighted by Gasteiger charge is 2.30. The van der Waals surface area contributed by atoms with Crippen LogP contribution in [0.25, 0.3) is 0 Å². The number of carbonyl (C=O) groups is 3. The van der Waals surface area contributed by atoms with Crippen molar-refractivity contribution in [2.75, 3.05) is 25.5 Å². The van der Waals surface area contributed by atoms with Crippen LogP contribution < -0.4 is 15.4 Å². The first-order valence-electron chi connectivity index (χ1n) is 11.6. The number of urea groups is 1. The van der Waals surface area contributed by atoms with Crippen LogP contribution in [0.15, 0.2) is 54.6 Å². The van der Waals surface area contributed by atoms with E-state index in [1.54, 1.807) is 38.0 Å². The number of hydrogen-bond donors (Lipinski definition) is 2. The Labute approximate surface area is 200 Å². The summed E-state index contributed by atoms with van der Waals surface area (Å²) < 4.78 is 10.5. The van der Waals surface area contributed by atoms with E-state index >= 15 is 0 Å². The van der Waals surface area contributed by atoms with Gasteiger partial charge in [-0.15, -0.1) is 0 Å². The van der Waals surface area contributed by atoms with Gasteiger partial charge in [-0.05, 0) is 56.5 Å². The molecule has 1 saturated heterocycles. The number of amides is 3. The number of benzene rings is 2. The number of nitrogens with one attached hydrogen (secondary N) is 2. The van der Waals surface area contributed by atoms with E-state index in [-0.39, 0.29) is 36.4 Å². The van der Waals surface area contributed by atoms with E-state index in [1.165, 1.54) is 0 Å². The minimum Gasteiger partial charge on any atom is -0.497 e. The van der Waals surface area contributed by atoms with Gasteiger partial charge in [-0.3, -0.25) is 9.59 Å². The summed E-state index contributed by atoms with van der Waals surface area (Å²) in [6.07, 6.45) is 1.17. The second-order valence-corrected chi connectivity index (χ2v) is 8.66. The zero-order chi connectivity index (χ0) is 24.5. The maximum atomic E-state index is 13.2. The Bertz CT molecular complexity index is 962. The Hall–Kier alpha value is -3.55. The van der Waals surface area contributed by atoms with Crippen LogP contribution in [0.4, 0.5) is 10.5 Å². The predicted molar refractivity (Wildman–Crippen MR) is 129 cm³/mol. The summed E-state index contributed by atoms with van der Waals surface area (Å²) in [5, 5.41) is 5.89. The summed E-state index contributed by atoms with van der Waals surface area (Å²) in [6, 6.07) is 15.7. The predicted octanol–water partition coefficient (Wildman–Crippen LogP) is 4.14. The van der Waals surface area contributed by atoms with Crippen LogP contribution in [0.5, 0.6) is 5.75 Å². The Morgan fingerprint density at radius 1 is 1.06 bits per heavy atom. The molecule has 8 nitrogen and oxygen atoms in total. The van der Waals surface area contributed by atoms with Gasteiger partial charge in [0, 0.05) is 18.8 Å². The molecule has 0 radical (unpaired) electrons. The van der Waals surface area contributed by atoms with E-state index in [0.717, 1.165) is 12.0 Å². The Balaban J connectivity index is 1.66. The first-order valence-corrected chi connectivity index (χ1v) is 11.6. The Kier molecular flexibility index (Phi) is 8.90. The van der Waals surface area contributed by atoms with Crippen LogP contribution in [-0.4, -0.2) is 49.1 Å². The monoisotopic (exact) mass is 467 g/mol. The van der Waals surface area contributed by atoms with E-state index in [4.69, 9.17) is 9.47 Å². The maximum Gasteiger partial charge on any atom is 0.321 e.